The predicted molar refractivity (Wildman–Crippen MR) is 73.5 cm³/mol. The van der Waals surface area contributed by atoms with E-state index < -0.39 is 5.97 Å². The number of piperidine rings is 1. The molecule has 1 unspecified atom stereocenters. The third-order valence-electron chi connectivity index (χ3n) is 3.81. The topological polar surface area (TPSA) is 75.4 Å². The first-order valence-electron chi connectivity index (χ1n) is 7.08. The average Bonchev–Trinajstić information content (AvgIpc) is 2.79. The van der Waals surface area contributed by atoms with E-state index >= 15 is 0 Å². The molecule has 1 aromatic heterocycles. The van der Waals surface area contributed by atoms with Crippen LogP contribution in [0.15, 0.2) is 6.07 Å². The SMILES string of the molecule is CCc1cc(C(=O)N2CCCCC2CC(=O)O)n(C)n1. The molecule has 1 saturated heterocycles. The van der Waals surface area contributed by atoms with Gasteiger partial charge in [-0.05, 0) is 31.7 Å². The minimum Gasteiger partial charge on any atom is -0.481 e. The summed E-state index contributed by atoms with van der Waals surface area (Å²) in [5.41, 5.74) is 1.42. The number of rotatable bonds is 4. The number of aromatic nitrogens is 2. The molecule has 2 rings (SSSR count). The van der Waals surface area contributed by atoms with Crippen molar-refractivity contribution in [1.29, 1.82) is 0 Å². The lowest BCUT2D eigenvalue weighted by Gasteiger charge is -2.34. The molecule has 2 heterocycles. The van der Waals surface area contributed by atoms with Crippen molar-refractivity contribution in [3.05, 3.63) is 17.5 Å². The molecule has 0 aliphatic carbocycles. The van der Waals surface area contributed by atoms with E-state index in [-0.39, 0.29) is 18.4 Å². The second-order valence-electron chi connectivity index (χ2n) is 5.24. The number of aliphatic carboxylic acids is 1. The predicted octanol–water partition coefficient (Wildman–Crippen LogP) is 1.45. The molecule has 0 spiro atoms. The summed E-state index contributed by atoms with van der Waals surface area (Å²) >= 11 is 0. The highest BCUT2D eigenvalue weighted by Crippen LogP contribution is 2.22. The van der Waals surface area contributed by atoms with Gasteiger partial charge < -0.3 is 10.0 Å². The van der Waals surface area contributed by atoms with Gasteiger partial charge in [0, 0.05) is 19.6 Å². The van der Waals surface area contributed by atoms with Gasteiger partial charge in [0.05, 0.1) is 12.1 Å². The van der Waals surface area contributed by atoms with Gasteiger partial charge in [-0.2, -0.15) is 5.10 Å². The summed E-state index contributed by atoms with van der Waals surface area (Å²) in [6.07, 6.45) is 3.47. The van der Waals surface area contributed by atoms with Gasteiger partial charge in [-0.3, -0.25) is 14.3 Å². The van der Waals surface area contributed by atoms with E-state index in [0.717, 1.165) is 31.4 Å². The third-order valence-corrected chi connectivity index (χ3v) is 3.81. The van der Waals surface area contributed by atoms with Crippen molar-refractivity contribution in [2.45, 2.75) is 45.1 Å². The van der Waals surface area contributed by atoms with E-state index in [9.17, 15) is 9.59 Å². The maximum Gasteiger partial charge on any atom is 0.305 e. The fourth-order valence-electron chi connectivity index (χ4n) is 2.73. The number of amides is 1. The lowest BCUT2D eigenvalue weighted by atomic mass is 9.99. The Hall–Kier alpha value is -1.85. The fourth-order valence-corrected chi connectivity index (χ4v) is 2.73. The highest BCUT2D eigenvalue weighted by Gasteiger charge is 2.30. The Bertz CT molecular complexity index is 510. The van der Waals surface area contributed by atoms with Gasteiger partial charge in [0.2, 0.25) is 0 Å². The maximum atomic E-state index is 12.6. The van der Waals surface area contributed by atoms with E-state index in [4.69, 9.17) is 5.11 Å². The first-order chi connectivity index (χ1) is 9.52. The lowest BCUT2D eigenvalue weighted by molar-refractivity contribution is -0.138. The first-order valence-corrected chi connectivity index (χ1v) is 7.08. The van der Waals surface area contributed by atoms with E-state index in [1.165, 1.54) is 0 Å². The molecule has 0 radical (unpaired) electrons. The molecule has 1 amide bonds. The molecule has 20 heavy (non-hydrogen) atoms. The van der Waals surface area contributed by atoms with Crippen LogP contribution in [0.3, 0.4) is 0 Å². The van der Waals surface area contributed by atoms with E-state index in [0.29, 0.717) is 12.2 Å². The Morgan fingerprint density at radius 1 is 1.45 bits per heavy atom. The Morgan fingerprint density at radius 2 is 2.20 bits per heavy atom. The number of hydrogen-bond acceptors (Lipinski definition) is 3. The molecule has 1 aromatic rings. The molecule has 1 atom stereocenters. The van der Waals surface area contributed by atoms with Crippen molar-refractivity contribution >= 4 is 11.9 Å². The lowest BCUT2D eigenvalue weighted by Crippen LogP contribution is -2.45. The summed E-state index contributed by atoms with van der Waals surface area (Å²) in [5, 5.41) is 13.3. The van der Waals surface area contributed by atoms with E-state index in [1.807, 2.05) is 6.92 Å². The Labute approximate surface area is 118 Å². The summed E-state index contributed by atoms with van der Waals surface area (Å²) in [6, 6.07) is 1.60. The van der Waals surface area contributed by atoms with E-state index in [2.05, 4.69) is 5.10 Å². The van der Waals surface area contributed by atoms with Crippen LogP contribution in [0.4, 0.5) is 0 Å². The summed E-state index contributed by atoms with van der Waals surface area (Å²) in [6.45, 7) is 2.62. The normalized spacial score (nSPS) is 19.1. The average molecular weight is 279 g/mol. The Morgan fingerprint density at radius 3 is 2.80 bits per heavy atom. The number of carboxylic acid groups (broad SMARTS) is 1. The quantitative estimate of drug-likeness (QED) is 0.905. The van der Waals surface area contributed by atoms with Crippen LogP contribution in [0, 0.1) is 0 Å². The largest absolute Gasteiger partial charge is 0.481 e. The highest BCUT2D eigenvalue weighted by atomic mass is 16.4. The molecule has 1 aliphatic rings. The second-order valence-corrected chi connectivity index (χ2v) is 5.24. The maximum absolute atomic E-state index is 12.6. The van der Waals surface area contributed by atoms with Gasteiger partial charge in [-0.1, -0.05) is 6.92 Å². The van der Waals surface area contributed by atoms with Crippen molar-refractivity contribution in [2.75, 3.05) is 6.54 Å². The van der Waals surface area contributed by atoms with Crippen molar-refractivity contribution < 1.29 is 14.7 Å². The number of nitrogens with zero attached hydrogens (tertiary/aromatic N) is 3. The van der Waals surface area contributed by atoms with Crippen LogP contribution >= 0.6 is 0 Å². The molecular weight excluding hydrogens is 258 g/mol. The van der Waals surface area contributed by atoms with Crippen LogP contribution in [0.5, 0.6) is 0 Å². The van der Waals surface area contributed by atoms with Gasteiger partial charge in [-0.25, -0.2) is 0 Å². The monoisotopic (exact) mass is 279 g/mol. The standard InChI is InChI=1S/C14H21N3O3/c1-3-10-8-12(16(2)15-10)14(20)17-7-5-4-6-11(17)9-13(18)19/h8,11H,3-7,9H2,1-2H3,(H,18,19). The highest BCUT2D eigenvalue weighted by molar-refractivity contribution is 5.93. The Kier molecular flexibility index (Phi) is 4.42. The molecule has 0 bridgehead atoms. The molecule has 0 aromatic carbocycles. The van der Waals surface area contributed by atoms with Gasteiger partial charge in [0.15, 0.2) is 0 Å². The van der Waals surface area contributed by atoms with Gasteiger partial charge >= 0.3 is 5.97 Å². The molecule has 6 nitrogen and oxygen atoms in total. The van der Waals surface area contributed by atoms with Gasteiger partial charge in [-0.15, -0.1) is 0 Å². The minimum absolute atomic E-state index is 0.0181. The molecule has 110 valence electrons. The van der Waals surface area contributed by atoms with Gasteiger partial charge in [0.1, 0.15) is 5.69 Å². The number of hydrogen-bond donors (Lipinski definition) is 1. The molecule has 1 aliphatic heterocycles. The van der Waals surface area contributed by atoms with Crippen molar-refractivity contribution in [3.63, 3.8) is 0 Å². The summed E-state index contributed by atoms with van der Waals surface area (Å²) in [7, 11) is 1.75. The summed E-state index contributed by atoms with van der Waals surface area (Å²) < 4.78 is 1.59. The van der Waals surface area contributed by atoms with Crippen molar-refractivity contribution in [1.82, 2.24) is 14.7 Å². The van der Waals surface area contributed by atoms with Crippen LogP contribution in [0.2, 0.25) is 0 Å². The fraction of sp³-hybridized carbons (Fsp3) is 0.643. The minimum atomic E-state index is -0.853. The van der Waals surface area contributed by atoms with Crippen LogP contribution in [-0.4, -0.2) is 44.3 Å². The van der Waals surface area contributed by atoms with Crippen LogP contribution in [0.25, 0.3) is 0 Å². The van der Waals surface area contributed by atoms with Crippen LogP contribution < -0.4 is 0 Å². The molecule has 6 heteroatoms. The summed E-state index contributed by atoms with van der Waals surface area (Å²) in [5.74, 6) is -0.959. The third kappa shape index (κ3) is 3.00. The number of aryl methyl sites for hydroxylation is 2. The van der Waals surface area contributed by atoms with E-state index in [1.54, 1.807) is 22.7 Å². The zero-order valence-corrected chi connectivity index (χ0v) is 12.0. The zero-order valence-electron chi connectivity index (χ0n) is 12.0. The number of carboxylic acids is 1. The Balaban J connectivity index is 2.20. The van der Waals surface area contributed by atoms with Crippen LogP contribution in [0.1, 0.15) is 48.8 Å². The number of carbonyl (C=O) groups is 2. The summed E-state index contributed by atoms with van der Waals surface area (Å²) in [4.78, 5) is 25.3. The molecule has 1 fully saturated rings. The first kappa shape index (κ1) is 14.6. The molecule has 0 saturated carbocycles. The second kappa shape index (κ2) is 6.07. The van der Waals surface area contributed by atoms with Crippen molar-refractivity contribution in [2.24, 2.45) is 7.05 Å². The number of likely N-dealkylation sites (tertiary alicyclic amines) is 1. The smallest absolute Gasteiger partial charge is 0.305 e. The molecule has 1 N–H and O–H groups in total. The number of carbonyl (C=O) groups excluding carboxylic acids is 1. The molecular formula is C14H21N3O3. The zero-order chi connectivity index (χ0) is 14.7. The van der Waals surface area contributed by atoms with Gasteiger partial charge in [0.25, 0.3) is 5.91 Å². The van der Waals surface area contributed by atoms with Crippen molar-refractivity contribution in [3.8, 4) is 0 Å². The van der Waals surface area contributed by atoms with Crippen LogP contribution in [-0.2, 0) is 18.3 Å².